The van der Waals surface area contributed by atoms with E-state index in [0.29, 0.717) is 0 Å². The maximum atomic E-state index is 6.45. The van der Waals surface area contributed by atoms with Crippen LogP contribution in [0.1, 0.15) is 44.2 Å². The van der Waals surface area contributed by atoms with Crippen LogP contribution in [0.4, 0.5) is 0 Å². The van der Waals surface area contributed by atoms with Gasteiger partial charge >= 0.3 is 0 Å². The molecule has 1 atom stereocenters. The van der Waals surface area contributed by atoms with Crippen molar-refractivity contribution in [3.05, 3.63) is 23.8 Å². The van der Waals surface area contributed by atoms with Gasteiger partial charge in [-0.1, -0.05) is 25.8 Å². The monoisotopic (exact) mass is 249 g/mol. The van der Waals surface area contributed by atoms with Crippen molar-refractivity contribution < 1.29 is 9.47 Å². The molecule has 0 heterocycles. The van der Waals surface area contributed by atoms with E-state index in [9.17, 15) is 0 Å². The molecule has 1 aliphatic carbocycles. The predicted octanol–water partition coefficient (Wildman–Crippen LogP) is 3.28. The Morgan fingerprint density at radius 2 is 1.72 bits per heavy atom. The molecule has 2 rings (SSSR count). The Morgan fingerprint density at radius 3 is 2.28 bits per heavy atom. The van der Waals surface area contributed by atoms with Gasteiger partial charge in [0.1, 0.15) is 0 Å². The van der Waals surface area contributed by atoms with Crippen LogP contribution >= 0.6 is 0 Å². The highest BCUT2D eigenvalue weighted by molar-refractivity contribution is 5.44. The van der Waals surface area contributed by atoms with Crippen molar-refractivity contribution in [2.75, 3.05) is 14.2 Å². The predicted molar refractivity (Wildman–Crippen MR) is 73.0 cm³/mol. The van der Waals surface area contributed by atoms with Gasteiger partial charge in [-0.05, 0) is 36.0 Å². The Bertz CT molecular complexity index is 411. The zero-order valence-electron chi connectivity index (χ0n) is 11.5. The van der Waals surface area contributed by atoms with E-state index in [-0.39, 0.29) is 11.5 Å². The fourth-order valence-electron chi connectivity index (χ4n) is 2.94. The molecule has 1 fully saturated rings. The van der Waals surface area contributed by atoms with Crippen molar-refractivity contribution in [3.8, 4) is 11.5 Å². The number of hydrogen-bond donors (Lipinski definition) is 1. The largest absolute Gasteiger partial charge is 0.493 e. The molecule has 0 saturated heterocycles. The lowest BCUT2D eigenvalue weighted by Gasteiger charge is -2.31. The Hall–Kier alpha value is -1.22. The fraction of sp³-hybridized carbons (Fsp3) is 0.600. The van der Waals surface area contributed by atoms with E-state index in [1.54, 1.807) is 14.2 Å². The second-order valence-corrected chi connectivity index (χ2v) is 5.45. The van der Waals surface area contributed by atoms with Crippen molar-refractivity contribution in [2.24, 2.45) is 11.1 Å². The van der Waals surface area contributed by atoms with Gasteiger partial charge in [-0.15, -0.1) is 0 Å². The minimum absolute atomic E-state index is 0.0693. The number of ether oxygens (including phenoxy) is 2. The molecule has 1 unspecified atom stereocenters. The number of nitrogens with two attached hydrogens (primary N) is 1. The van der Waals surface area contributed by atoms with E-state index in [0.717, 1.165) is 17.1 Å². The lowest BCUT2D eigenvalue weighted by molar-refractivity contribution is 0.264. The third kappa shape index (κ3) is 2.32. The van der Waals surface area contributed by atoms with Gasteiger partial charge in [0.15, 0.2) is 11.5 Å². The smallest absolute Gasteiger partial charge is 0.161 e. The van der Waals surface area contributed by atoms with Gasteiger partial charge in [0.25, 0.3) is 0 Å². The summed E-state index contributed by atoms with van der Waals surface area (Å²) in [4.78, 5) is 0. The van der Waals surface area contributed by atoms with Crippen molar-refractivity contribution in [1.82, 2.24) is 0 Å². The van der Waals surface area contributed by atoms with Crippen LogP contribution in [0.15, 0.2) is 18.2 Å². The van der Waals surface area contributed by atoms with Gasteiger partial charge in [0.2, 0.25) is 0 Å². The molecule has 0 aliphatic heterocycles. The number of rotatable bonds is 4. The molecular weight excluding hydrogens is 226 g/mol. The van der Waals surface area contributed by atoms with Crippen LogP contribution in [0.3, 0.4) is 0 Å². The summed E-state index contributed by atoms with van der Waals surface area (Å²) in [6.45, 7) is 2.29. The molecule has 3 nitrogen and oxygen atoms in total. The summed E-state index contributed by atoms with van der Waals surface area (Å²) >= 11 is 0. The van der Waals surface area contributed by atoms with Crippen molar-refractivity contribution in [2.45, 2.75) is 38.6 Å². The average Bonchev–Trinajstić information content (AvgIpc) is 2.85. The molecule has 1 aromatic rings. The summed E-state index contributed by atoms with van der Waals surface area (Å²) in [7, 11) is 3.31. The van der Waals surface area contributed by atoms with E-state index >= 15 is 0 Å². The molecule has 18 heavy (non-hydrogen) atoms. The second kappa shape index (κ2) is 5.19. The van der Waals surface area contributed by atoms with E-state index in [1.807, 2.05) is 12.1 Å². The Balaban J connectivity index is 2.27. The molecule has 100 valence electrons. The summed E-state index contributed by atoms with van der Waals surface area (Å²) in [5.74, 6) is 1.51. The van der Waals surface area contributed by atoms with Crippen molar-refractivity contribution in [1.29, 1.82) is 0 Å². The molecule has 0 radical (unpaired) electrons. The Kier molecular flexibility index (Phi) is 3.81. The van der Waals surface area contributed by atoms with Crippen molar-refractivity contribution >= 4 is 0 Å². The molecule has 0 amide bonds. The molecule has 2 N–H and O–H groups in total. The van der Waals surface area contributed by atoms with E-state index in [4.69, 9.17) is 15.2 Å². The molecule has 1 aromatic carbocycles. The zero-order chi connectivity index (χ0) is 13.2. The molecule has 1 saturated carbocycles. The number of hydrogen-bond acceptors (Lipinski definition) is 3. The minimum Gasteiger partial charge on any atom is -0.493 e. The van der Waals surface area contributed by atoms with Gasteiger partial charge in [-0.3, -0.25) is 0 Å². The van der Waals surface area contributed by atoms with Crippen molar-refractivity contribution in [3.63, 3.8) is 0 Å². The molecule has 0 aromatic heterocycles. The van der Waals surface area contributed by atoms with Gasteiger partial charge in [0, 0.05) is 6.04 Å². The van der Waals surface area contributed by atoms with Crippen LogP contribution in [0, 0.1) is 5.41 Å². The third-order valence-electron chi connectivity index (χ3n) is 4.26. The molecule has 3 heteroatoms. The molecular formula is C15H23NO2. The van der Waals surface area contributed by atoms with Crippen LogP contribution in [-0.2, 0) is 0 Å². The van der Waals surface area contributed by atoms with E-state index < -0.39 is 0 Å². The highest BCUT2D eigenvalue weighted by atomic mass is 16.5. The normalized spacial score (nSPS) is 19.6. The summed E-state index contributed by atoms with van der Waals surface area (Å²) in [6.07, 6.45) is 5.00. The van der Waals surface area contributed by atoms with Crippen LogP contribution in [0.2, 0.25) is 0 Å². The minimum atomic E-state index is 0.0693. The first-order valence-electron chi connectivity index (χ1n) is 6.58. The van der Waals surface area contributed by atoms with Gasteiger partial charge in [0.05, 0.1) is 14.2 Å². The molecule has 0 bridgehead atoms. The number of benzene rings is 1. The summed E-state index contributed by atoms with van der Waals surface area (Å²) < 4.78 is 10.6. The summed E-state index contributed by atoms with van der Waals surface area (Å²) in [6, 6.07) is 6.06. The number of methoxy groups -OCH3 is 2. The second-order valence-electron chi connectivity index (χ2n) is 5.45. The first kappa shape index (κ1) is 13.2. The van der Waals surface area contributed by atoms with Crippen LogP contribution < -0.4 is 15.2 Å². The van der Waals surface area contributed by atoms with E-state index in [1.165, 1.54) is 25.7 Å². The SMILES string of the molecule is COc1ccc(C(N)C2(C)CCCC2)cc1OC. The van der Waals surface area contributed by atoms with Crippen LogP contribution in [0.25, 0.3) is 0 Å². The average molecular weight is 249 g/mol. The van der Waals surface area contributed by atoms with Crippen LogP contribution in [0.5, 0.6) is 11.5 Å². The quantitative estimate of drug-likeness (QED) is 0.890. The van der Waals surface area contributed by atoms with Crippen LogP contribution in [-0.4, -0.2) is 14.2 Å². The van der Waals surface area contributed by atoms with Gasteiger partial charge in [-0.2, -0.15) is 0 Å². The standard InChI is InChI=1S/C15H23NO2/c1-15(8-4-5-9-15)14(16)11-6-7-12(17-2)13(10-11)18-3/h6-7,10,14H,4-5,8-9,16H2,1-3H3. The van der Waals surface area contributed by atoms with E-state index in [2.05, 4.69) is 13.0 Å². The third-order valence-corrected chi connectivity index (χ3v) is 4.26. The highest BCUT2D eigenvalue weighted by Crippen LogP contribution is 2.46. The summed E-state index contributed by atoms with van der Waals surface area (Å²) in [5.41, 5.74) is 7.81. The molecule has 1 aliphatic rings. The first-order valence-corrected chi connectivity index (χ1v) is 6.58. The highest BCUT2D eigenvalue weighted by Gasteiger charge is 2.35. The lowest BCUT2D eigenvalue weighted by atomic mass is 9.78. The fourth-order valence-corrected chi connectivity index (χ4v) is 2.94. The summed E-state index contributed by atoms with van der Waals surface area (Å²) in [5, 5.41) is 0. The lowest BCUT2D eigenvalue weighted by Crippen LogP contribution is -2.29. The maximum absolute atomic E-state index is 6.45. The Labute approximate surface area is 109 Å². The topological polar surface area (TPSA) is 44.5 Å². The zero-order valence-corrected chi connectivity index (χ0v) is 11.5. The van der Waals surface area contributed by atoms with Gasteiger partial charge in [-0.25, -0.2) is 0 Å². The van der Waals surface area contributed by atoms with Gasteiger partial charge < -0.3 is 15.2 Å². The first-order chi connectivity index (χ1) is 8.60. The molecule has 0 spiro atoms. The Morgan fingerprint density at radius 1 is 1.11 bits per heavy atom. The maximum Gasteiger partial charge on any atom is 0.161 e.